The van der Waals surface area contributed by atoms with Gasteiger partial charge in [0.15, 0.2) is 6.61 Å². The Morgan fingerprint density at radius 2 is 1.68 bits per heavy atom. The number of halogens is 1. The van der Waals surface area contributed by atoms with Crippen LogP contribution in [-0.2, 0) is 16.1 Å². The van der Waals surface area contributed by atoms with Gasteiger partial charge in [-0.1, -0.05) is 18.2 Å². The van der Waals surface area contributed by atoms with Crippen LogP contribution in [-0.4, -0.2) is 32.7 Å². The summed E-state index contributed by atoms with van der Waals surface area (Å²) in [5, 5.41) is 2.49. The van der Waals surface area contributed by atoms with Gasteiger partial charge in [-0.2, -0.15) is 0 Å². The van der Waals surface area contributed by atoms with Gasteiger partial charge in [-0.3, -0.25) is 4.79 Å². The Balaban J connectivity index is 1.89. The molecule has 2 aromatic carbocycles. The van der Waals surface area contributed by atoms with Crippen molar-refractivity contribution >= 4 is 11.9 Å². The predicted octanol–water partition coefficient (Wildman–Crippen LogP) is 2.32. The Bertz CT molecular complexity index is 741. The van der Waals surface area contributed by atoms with Crippen LogP contribution in [0.25, 0.3) is 0 Å². The number of carbonyl (C=O) groups excluding carboxylic acids is 2. The van der Waals surface area contributed by atoms with Gasteiger partial charge in [-0.15, -0.1) is 0 Å². The van der Waals surface area contributed by atoms with Gasteiger partial charge in [0.05, 0.1) is 19.8 Å². The molecule has 2 aromatic rings. The predicted molar refractivity (Wildman–Crippen MR) is 88.1 cm³/mol. The maximum Gasteiger partial charge on any atom is 0.338 e. The van der Waals surface area contributed by atoms with Crippen molar-refractivity contribution in [2.75, 3.05) is 20.8 Å². The van der Waals surface area contributed by atoms with Gasteiger partial charge >= 0.3 is 5.97 Å². The lowest BCUT2D eigenvalue weighted by atomic mass is 10.2. The van der Waals surface area contributed by atoms with Crippen molar-refractivity contribution in [1.82, 2.24) is 5.32 Å². The molecule has 0 saturated carbocycles. The van der Waals surface area contributed by atoms with Crippen LogP contribution in [0.3, 0.4) is 0 Å². The second-order valence-electron chi connectivity index (χ2n) is 5.05. The number of carbonyl (C=O) groups is 2. The summed E-state index contributed by atoms with van der Waals surface area (Å²) in [6, 6.07) is 10.6. The van der Waals surface area contributed by atoms with E-state index < -0.39 is 24.3 Å². The lowest BCUT2D eigenvalue weighted by molar-refractivity contribution is -0.124. The maximum atomic E-state index is 13.5. The fraction of sp³-hybridized carbons (Fsp3) is 0.222. The van der Waals surface area contributed by atoms with E-state index in [4.69, 9.17) is 14.2 Å². The number of nitrogens with one attached hydrogen (secondary N) is 1. The molecule has 0 saturated heterocycles. The zero-order valence-electron chi connectivity index (χ0n) is 13.9. The first-order valence-electron chi connectivity index (χ1n) is 7.43. The molecule has 0 aliphatic heterocycles. The Morgan fingerprint density at radius 3 is 2.28 bits per heavy atom. The second kappa shape index (κ2) is 8.68. The summed E-state index contributed by atoms with van der Waals surface area (Å²) in [5.41, 5.74) is 0.540. The number of ether oxygens (including phenoxy) is 3. The summed E-state index contributed by atoms with van der Waals surface area (Å²) in [5.74, 6) is -0.793. The number of hydrogen-bond donors (Lipinski definition) is 1. The number of esters is 1. The molecule has 25 heavy (non-hydrogen) atoms. The van der Waals surface area contributed by atoms with E-state index in [2.05, 4.69) is 5.32 Å². The minimum absolute atomic E-state index is 0.00996. The van der Waals surface area contributed by atoms with Crippen LogP contribution in [0.4, 0.5) is 4.39 Å². The highest BCUT2D eigenvalue weighted by atomic mass is 19.1. The van der Waals surface area contributed by atoms with Gasteiger partial charge in [0, 0.05) is 18.2 Å². The van der Waals surface area contributed by atoms with Crippen LogP contribution < -0.4 is 14.8 Å². The quantitative estimate of drug-likeness (QED) is 0.778. The lowest BCUT2D eigenvalue weighted by Crippen LogP contribution is -2.28. The highest BCUT2D eigenvalue weighted by Gasteiger charge is 2.13. The first-order valence-corrected chi connectivity index (χ1v) is 7.43. The normalized spacial score (nSPS) is 10.0. The average Bonchev–Trinajstić information content (AvgIpc) is 2.64. The Labute approximate surface area is 144 Å². The smallest absolute Gasteiger partial charge is 0.338 e. The summed E-state index contributed by atoms with van der Waals surface area (Å²) >= 11 is 0. The minimum atomic E-state index is -0.696. The molecule has 0 bridgehead atoms. The molecule has 0 unspecified atom stereocenters. The van der Waals surface area contributed by atoms with Crippen molar-refractivity contribution < 1.29 is 28.2 Å². The summed E-state index contributed by atoms with van der Waals surface area (Å²) in [6.07, 6.45) is 0. The standard InChI is InChI=1S/C18H18FNO5/c1-23-14-7-13(8-15(9-14)24-2)18(22)25-11-17(21)20-10-12-5-3-4-6-16(12)19/h3-9H,10-11H2,1-2H3,(H,20,21). The summed E-state index contributed by atoms with van der Waals surface area (Å²) < 4.78 is 28.5. The Kier molecular flexibility index (Phi) is 6.33. The van der Waals surface area contributed by atoms with Gasteiger partial charge in [0.25, 0.3) is 5.91 Å². The van der Waals surface area contributed by atoms with Crippen LogP contribution in [0.5, 0.6) is 11.5 Å². The van der Waals surface area contributed by atoms with Crippen LogP contribution in [0.15, 0.2) is 42.5 Å². The molecule has 0 aliphatic carbocycles. The van der Waals surface area contributed by atoms with Crippen LogP contribution in [0, 0.1) is 5.82 Å². The molecule has 0 heterocycles. The van der Waals surface area contributed by atoms with E-state index in [0.717, 1.165) is 0 Å². The fourth-order valence-corrected chi connectivity index (χ4v) is 2.03. The Morgan fingerprint density at radius 1 is 1.04 bits per heavy atom. The number of rotatable bonds is 7. The molecule has 6 nitrogen and oxygen atoms in total. The van der Waals surface area contributed by atoms with Gasteiger partial charge in [-0.05, 0) is 18.2 Å². The highest BCUT2D eigenvalue weighted by Crippen LogP contribution is 2.22. The van der Waals surface area contributed by atoms with Gasteiger partial charge < -0.3 is 19.5 Å². The van der Waals surface area contributed by atoms with Crippen molar-refractivity contribution in [3.8, 4) is 11.5 Å². The van der Waals surface area contributed by atoms with Crippen LogP contribution in [0.2, 0.25) is 0 Å². The van der Waals surface area contributed by atoms with Crippen LogP contribution in [0.1, 0.15) is 15.9 Å². The largest absolute Gasteiger partial charge is 0.497 e. The molecule has 1 N–H and O–H groups in total. The first kappa shape index (κ1) is 18.3. The van der Waals surface area contributed by atoms with E-state index >= 15 is 0 Å². The number of amides is 1. The molecule has 0 aromatic heterocycles. The lowest BCUT2D eigenvalue weighted by Gasteiger charge is -2.09. The van der Waals surface area contributed by atoms with Crippen molar-refractivity contribution in [3.05, 3.63) is 59.4 Å². The molecule has 0 aliphatic rings. The summed E-state index contributed by atoms with van der Waals surface area (Å²) in [7, 11) is 2.92. The molecular weight excluding hydrogens is 329 g/mol. The van der Waals surface area contributed by atoms with Crippen molar-refractivity contribution in [3.63, 3.8) is 0 Å². The summed E-state index contributed by atoms with van der Waals surface area (Å²) in [4.78, 5) is 23.8. The number of benzene rings is 2. The van der Waals surface area contributed by atoms with E-state index in [-0.39, 0.29) is 12.1 Å². The SMILES string of the molecule is COc1cc(OC)cc(C(=O)OCC(=O)NCc2ccccc2F)c1. The van der Waals surface area contributed by atoms with Crippen molar-refractivity contribution in [1.29, 1.82) is 0 Å². The fourth-order valence-electron chi connectivity index (χ4n) is 2.03. The average molecular weight is 347 g/mol. The zero-order chi connectivity index (χ0) is 18.2. The molecule has 0 fully saturated rings. The second-order valence-corrected chi connectivity index (χ2v) is 5.05. The van der Waals surface area contributed by atoms with E-state index in [0.29, 0.717) is 17.1 Å². The van der Waals surface area contributed by atoms with Crippen molar-refractivity contribution in [2.45, 2.75) is 6.54 Å². The number of hydrogen-bond acceptors (Lipinski definition) is 5. The van der Waals surface area contributed by atoms with Crippen LogP contribution >= 0.6 is 0 Å². The molecular formula is C18H18FNO5. The van der Waals surface area contributed by atoms with Gasteiger partial charge in [0.2, 0.25) is 0 Å². The van der Waals surface area contributed by atoms with Gasteiger partial charge in [-0.25, -0.2) is 9.18 Å². The Hall–Kier alpha value is -3.09. The van der Waals surface area contributed by atoms with E-state index in [1.54, 1.807) is 24.3 Å². The third-order valence-corrected chi connectivity index (χ3v) is 3.36. The molecule has 7 heteroatoms. The third kappa shape index (κ3) is 5.20. The van der Waals surface area contributed by atoms with E-state index in [1.165, 1.54) is 32.4 Å². The monoisotopic (exact) mass is 347 g/mol. The van der Waals surface area contributed by atoms with E-state index in [9.17, 15) is 14.0 Å². The molecule has 2 rings (SSSR count). The third-order valence-electron chi connectivity index (χ3n) is 3.36. The molecule has 0 atom stereocenters. The van der Waals surface area contributed by atoms with Crippen molar-refractivity contribution in [2.24, 2.45) is 0 Å². The minimum Gasteiger partial charge on any atom is -0.497 e. The zero-order valence-corrected chi connectivity index (χ0v) is 13.9. The molecule has 0 radical (unpaired) electrons. The van der Waals surface area contributed by atoms with Gasteiger partial charge in [0.1, 0.15) is 17.3 Å². The highest BCUT2D eigenvalue weighted by molar-refractivity contribution is 5.92. The maximum absolute atomic E-state index is 13.5. The number of methoxy groups -OCH3 is 2. The van der Waals surface area contributed by atoms with E-state index in [1.807, 2.05) is 0 Å². The summed E-state index contributed by atoms with van der Waals surface area (Å²) in [6.45, 7) is -0.469. The molecule has 1 amide bonds. The first-order chi connectivity index (χ1) is 12.0. The molecule has 132 valence electrons. The topological polar surface area (TPSA) is 73.9 Å². The molecule has 0 spiro atoms.